The molecule has 0 saturated carbocycles. The lowest BCUT2D eigenvalue weighted by Crippen LogP contribution is -2.46. The van der Waals surface area contributed by atoms with Gasteiger partial charge in [-0.05, 0) is 36.4 Å². The SMILES string of the molecule is O=C(NN(C(=O)c1ccccc1)c1ccccc1)c1ccc([N+](=O)[O-])cc1. The summed E-state index contributed by atoms with van der Waals surface area (Å²) >= 11 is 0. The Kier molecular flexibility index (Phi) is 5.22. The van der Waals surface area contributed by atoms with E-state index >= 15 is 0 Å². The lowest BCUT2D eigenvalue weighted by Gasteiger charge is -2.23. The van der Waals surface area contributed by atoms with Crippen molar-refractivity contribution in [3.8, 4) is 0 Å². The molecule has 3 rings (SSSR count). The number of nitro benzene ring substituents is 1. The molecular formula is C20H15N3O4. The van der Waals surface area contributed by atoms with Crippen LogP contribution in [0.25, 0.3) is 0 Å². The lowest BCUT2D eigenvalue weighted by molar-refractivity contribution is -0.384. The smallest absolute Gasteiger partial charge is 0.267 e. The van der Waals surface area contributed by atoms with Crippen LogP contribution < -0.4 is 10.4 Å². The van der Waals surface area contributed by atoms with E-state index in [0.29, 0.717) is 11.3 Å². The Morgan fingerprint density at radius 1 is 0.778 bits per heavy atom. The van der Waals surface area contributed by atoms with Crippen molar-refractivity contribution in [2.24, 2.45) is 0 Å². The third-order valence-corrected chi connectivity index (χ3v) is 3.79. The summed E-state index contributed by atoms with van der Waals surface area (Å²) in [6.07, 6.45) is 0. The van der Waals surface area contributed by atoms with Gasteiger partial charge in [0.1, 0.15) is 0 Å². The van der Waals surface area contributed by atoms with Crippen LogP contribution in [0, 0.1) is 10.1 Å². The van der Waals surface area contributed by atoms with Gasteiger partial charge < -0.3 is 0 Å². The number of hydrogen-bond donors (Lipinski definition) is 1. The Morgan fingerprint density at radius 3 is 1.89 bits per heavy atom. The van der Waals surface area contributed by atoms with Gasteiger partial charge >= 0.3 is 0 Å². The topological polar surface area (TPSA) is 92.6 Å². The van der Waals surface area contributed by atoms with Crippen LogP contribution >= 0.6 is 0 Å². The first kappa shape index (κ1) is 17.8. The molecular weight excluding hydrogens is 346 g/mol. The number of para-hydroxylation sites is 1. The number of nitro groups is 1. The van der Waals surface area contributed by atoms with Crippen LogP contribution in [-0.4, -0.2) is 16.7 Å². The van der Waals surface area contributed by atoms with Gasteiger partial charge in [0.25, 0.3) is 17.5 Å². The first-order chi connectivity index (χ1) is 13.1. The average molecular weight is 361 g/mol. The summed E-state index contributed by atoms with van der Waals surface area (Å²) in [5, 5.41) is 11.9. The fourth-order valence-electron chi connectivity index (χ4n) is 2.42. The summed E-state index contributed by atoms with van der Waals surface area (Å²) in [5.74, 6) is -0.963. The normalized spacial score (nSPS) is 10.1. The summed E-state index contributed by atoms with van der Waals surface area (Å²) in [7, 11) is 0. The molecule has 0 unspecified atom stereocenters. The number of hydrogen-bond acceptors (Lipinski definition) is 4. The predicted molar refractivity (Wildman–Crippen MR) is 100 cm³/mol. The maximum atomic E-state index is 12.9. The molecule has 0 atom stereocenters. The Morgan fingerprint density at radius 2 is 1.33 bits per heavy atom. The standard InChI is InChI=1S/C20H15N3O4/c24-19(15-11-13-18(14-12-15)23(26)27)21-22(17-9-5-2-6-10-17)20(25)16-7-3-1-4-8-16/h1-14H,(H,21,24). The molecule has 0 bridgehead atoms. The maximum Gasteiger partial charge on any atom is 0.277 e. The fourth-order valence-corrected chi connectivity index (χ4v) is 2.42. The summed E-state index contributed by atoms with van der Waals surface area (Å²) in [4.78, 5) is 35.6. The maximum absolute atomic E-state index is 12.9. The van der Waals surface area contributed by atoms with E-state index < -0.39 is 16.7 Å². The number of non-ortho nitro benzene ring substituents is 1. The molecule has 3 aromatic carbocycles. The van der Waals surface area contributed by atoms with Gasteiger partial charge in [0, 0.05) is 23.3 Å². The van der Waals surface area contributed by atoms with E-state index in [0.717, 1.165) is 5.01 Å². The van der Waals surface area contributed by atoms with E-state index in [9.17, 15) is 19.7 Å². The molecule has 0 spiro atoms. The zero-order valence-corrected chi connectivity index (χ0v) is 14.1. The van der Waals surface area contributed by atoms with Gasteiger partial charge in [0.15, 0.2) is 0 Å². The van der Waals surface area contributed by atoms with Crippen molar-refractivity contribution in [2.75, 3.05) is 5.01 Å². The van der Waals surface area contributed by atoms with Crippen molar-refractivity contribution in [1.29, 1.82) is 0 Å². The molecule has 0 heterocycles. The molecule has 0 fully saturated rings. The third-order valence-electron chi connectivity index (χ3n) is 3.79. The highest BCUT2D eigenvalue weighted by molar-refractivity contribution is 6.09. The Hall–Kier alpha value is -4.00. The van der Waals surface area contributed by atoms with Crippen molar-refractivity contribution in [1.82, 2.24) is 5.43 Å². The molecule has 0 aliphatic carbocycles. The van der Waals surface area contributed by atoms with Crippen molar-refractivity contribution >= 4 is 23.2 Å². The van der Waals surface area contributed by atoms with E-state index in [2.05, 4.69) is 5.43 Å². The number of amides is 2. The highest BCUT2D eigenvalue weighted by Crippen LogP contribution is 2.16. The number of carbonyl (C=O) groups excluding carboxylic acids is 2. The first-order valence-electron chi connectivity index (χ1n) is 8.06. The lowest BCUT2D eigenvalue weighted by atomic mass is 10.2. The number of anilines is 1. The van der Waals surface area contributed by atoms with E-state index in [1.807, 2.05) is 0 Å². The zero-order valence-electron chi connectivity index (χ0n) is 14.1. The fraction of sp³-hybridized carbons (Fsp3) is 0. The second kappa shape index (κ2) is 7.92. The predicted octanol–water partition coefficient (Wildman–Crippen LogP) is 3.59. The van der Waals surface area contributed by atoms with E-state index in [1.54, 1.807) is 60.7 Å². The molecule has 1 N–H and O–H groups in total. The van der Waals surface area contributed by atoms with E-state index in [-0.39, 0.29) is 11.3 Å². The molecule has 7 nitrogen and oxygen atoms in total. The number of nitrogens with one attached hydrogen (secondary N) is 1. The van der Waals surface area contributed by atoms with Gasteiger partial charge in [-0.1, -0.05) is 36.4 Å². The van der Waals surface area contributed by atoms with Gasteiger partial charge in [0.2, 0.25) is 0 Å². The van der Waals surface area contributed by atoms with Crippen molar-refractivity contribution in [2.45, 2.75) is 0 Å². The molecule has 0 saturated heterocycles. The summed E-state index contributed by atoms with van der Waals surface area (Å²) < 4.78 is 0. The van der Waals surface area contributed by atoms with Crippen LogP contribution in [0.2, 0.25) is 0 Å². The molecule has 134 valence electrons. The minimum Gasteiger partial charge on any atom is -0.267 e. The molecule has 0 aliphatic rings. The van der Waals surface area contributed by atoms with Crippen molar-refractivity contribution < 1.29 is 14.5 Å². The molecule has 7 heteroatoms. The van der Waals surface area contributed by atoms with Crippen LogP contribution in [-0.2, 0) is 0 Å². The molecule has 0 radical (unpaired) electrons. The second-order valence-electron chi connectivity index (χ2n) is 5.59. The van der Waals surface area contributed by atoms with Crippen molar-refractivity contribution in [3.05, 3.63) is 106 Å². The van der Waals surface area contributed by atoms with Crippen LogP contribution in [0.3, 0.4) is 0 Å². The third kappa shape index (κ3) is 4.16. The number of nitrogens with zero attached hydrogens (tertiary/aromatic N) is 2. The largest absolute Gasteiger partial charge is 0.277 e. The number of benzene rings is 3. The Bertz CT molecular complexity index is 958. The number of carbonyl (C=O) groups is 2. The van der Waals surface area contributed by atoms with Gasteiger partial charge in [-0.25, -0.2) is 5.01 Å². The highest BCUT2D eigenvalue weighted by atomic mass is 16.6. The number of rotatable bonds is 4. The van der Waals surface area contributed by atoms with Crippen LogP contribution in [0.5, 0.6) is 0 Å². The van der Waals surface area contributed by atoms with E-state index in [4.69, 9.17) is 0 Å². The summed E-state index contributed by atoms with van der Waals surface area (Å²) in [6.45, 7) is 0. The first-order valence-corrected chi connectivity index (χ1v) is 8.06. The monoisotopic (exact) mass is 361 g/mol. The molecule has 3 aromatic rings. The minimum atomic E-state index is -0.557. The van der Waals surface area contributed by atoms with E-state index in [1.165, 1.54) is 24.3 Å². The second-order valence-corrected chi connectivity index (χ2v) is 5.59. The molecule has 0 aromatic heterocycles. The van der Waals surface area contributed by atoms with Gasteiger partial charge in [-0.3, -0.25) is 25.1 Å². The average Bonchev–Trinajstić information content (AvgIpc) is 2.72. The Balaban J connectivity index is 1.88. The summed E-state index contributed by atoms with van der Waals surface area (Å²) in [6, 6.07) is 22.4. The molecule has 27 heavy (non-hydrogen) atoms. The number of hydrazine groups is 1. The highest BCUT2D eigenvalue weighted by Gasteiger charge is 2.21. The summed E-state index contributed by atoms with van der Waals surface area (Å²) in [5.41, 5.74) is 3.54. The van der Waals surface area contributed by atoms with Crippen LogP contribution in [0.15, 0.2) is 84.9 Å². The molecule has 2 amide bonds. The van der Waals surface area contributed by atoms with Crippen LogP contribution in [0.4, 0.5) is 11.4 Å². The quantitative estimate of drug-likeness (QED) is 0.568. The zero-order chi connectivity index (χ0) is 19.2. The van der Waals surface area contributed by atoms with Gasteiger partial charge in [-0.15, -0.1) is 0 Å². The minimum absolute atomic E-state index is 0.119. The van der Waals surface area contributed by atoms with Crippen LogP contribution in [0.1, 0.15) is 20.7 Å². The van der Waals surface area contributed by atoms with Gasteiger partial charge in [0.05, 0.1) is 10.6 Å². The van der Waals surface area contributed by atoms with Crippen molar-refractivity contribution in [3.63, 3.8) is 0 Å². The Labute approximate surface area is 155 Å². The molecule has 0 aliphatic heterocycles. The van der Waals surface area contributed by atoms with Gasteiger partial charge in [-0.2, -0.15) is 0 Å².